The average Bonchev–Trinajstić information content (AvgIpc) is 3.35. The topological polar surface area (TPSA) is 95.9 Å². The number of amides is 2. The molecule has 1 saturated heterocycles. The van der Waals surface area contributed by atoms with Crippen LogP contribution in [0.5, 0.6) is 0 Å². The van der Waals surface area contributed by atoms with Crippen molar-refractivity contribution in [2.75, 3.05) is 19.8 Å². The van der Waals surface area contributed by atoms with E-state index in [-0.39, 0.29) is 61.3 Å². The molecule has 0 aromatic heterocycles. The summed E-state index contributed by atoms with van der Waals surface area (Å²) in [5.41, 5.74) is 1.11. The minimum absolute atomic E-state index is 0.0471. The molecule has 0 aliphatic carbocycles. The number of rotatable bonds is 6. The molecule has 7 heteroatoms. The van der Waals surface area contributed by atoms with E-state index in [0.29, 0.717) is 19.4 Å². The molecule has 1 aromatic rings. The Labute approximate surface area is 215 Å². The lowest BCUT2D eigenvalue weighted by Crippen LogP contribution is -2.46. The van der Waals surface area contributed by atoms with Crippen molar-refractivity contribution < 1.29 is 24.2 Å². The highest BCUT2D eigenvalue weighted by Gasteiger charge is 2.32. The van der Waals surface area contributed by atoms with Crippen molar-refractivity contribution >= 4 is 17.8 Å². The van der Waals surface area contributed by atoms with Gasteiger partial charge in [0.15, 0.2) is 0 Å². The second-order valence-electron chi connectivity index (χ2n) is 10.5. The molecule has 2 N–H and O–H groups in total. The zero-order chi connectivity index (χ0) is 25.9. The van der Waals surface area contributed by atoms with Gasteiger partial charge in [0.25, 0.3) is 0 Å². The Kier molecular flexibility index (Phi) is 11.0. The van der Waals surface area contributed by atoms with Gasteiger partial charge in [-0.1, -0.05) is 56.3 Å². The summed E-state index contributed by atoms with van der Waals surface area (Å²) in [6.45, 7) is 4.67. The van der Waals surface area contributed by atoms with Crippen molar-refractivity contribution in [3.8, 4) is 0 Å². The maximum absolute atomic E-state index is 13.3. The van der Waals surface area contributed by atoms with Crippen molar-refractivity contribution in [3.63, 3.8) is 0 Å². The number of carbonyl (C=O) groups is 3. The molecule has 36 heavy (non-hydrogen) atoms. The molecule has 2 aliphatic heterocycles. The van der Waals surface area contributed by atoms with Crippen molar-refractivity contribution in [1.29, 1.82) is 0 Å². The van der Waals surface area contributed by atoms with Gasteiger partial charge in [0, 0.05) is 13.0 Å². The van der Waals surface area contributed by atoms with Crippen LogP contribution in [-0.4, -0.2) is 59.6 Å². The minimum atomic E-state index is -0.501. The van der Waals surface area contributed by atoms with Gasteiger partial charge >= 0.3 is 5.97 Å². The van der Waals surface area contributed by atoms with Crippen molar-refractivity contribution in [2.45, 2.75) is 77.3 Å². The van der Waals surface area contributed by atoms with E-state index in [4.69, 9.17) is 4.74 Å². The van der Waals surface area contributed by atoms with Crippen LogP contribution < -0.4 is 5.32 Å². The summed E-state index contributed by atoms with van der Waals surface area (Å²) in [6, 6.07) is 9.50. The molecule has 4 unspecified atom stereocenters. The lowest BCUT2D eigenvalue weighted by Gasteiger charge is -2.28. The van der Waals surface area contributed by atoms with Crippen LogP contribution in [0.1, 0.15) is 64.4 Å². The fourth-order valence-corrected chi connectivity index (χ4v) is 5.02. The van der Waals surface area contributed by atoms with Crippen LogP contribution in [0, 0.1) is 17.8 Å². The first-order valence-electron chi connectivity index (χ1n) is 13.4. The number of esters is 1. The number of carbonyl (C=O) groups excluding carboxylic acids is 3. The van der Waals surface area contributed by atoms with Crippen LogP contribution in [0.25, 0.3) is 0 Å². The van der Waals surface area contributed by atoms with Gasteiger partial charge in [0.1, 0.15) is 6.61 Å². The smallest absolute Gasteiger partial charge is 0.309 e. The molecular weight excluding hydrogens is 456 g/mol. The number of likely N-dealkylation sites (tertiary alicyclic amines) is 1. The second-order valence-corrected chi connectivity index (χ2v) is 10.5. The number of nitrogens with zero attached hydrogens (tertiary/aromatic N) is 1. The largest absolute Gasteiger partial charge is 0.463 e. The third-order valence-electron chi connectivity index (χ3n) is 7.41. The molecule has 0 bridgehead atoms. The SMILES string of the molecule is CC(C)C1COC(=O)C(Cc2ccccc2)CCCC=CCC(CC(=O)N2CCCC2CO)C(=O)N1. The van der Waals surface area contributed by atoms with Crippen molar-refractivity contribution in [1.82, 2.24) is 10.2 Å². The average molecular weight is 499 g/mol. The molecular formula is C29H42N2O5. The fourth-order valence-electron chi connectivity index (χ4n) is 5.02. The monoisotopic (exact) mass is 498 g/mol. The standard InChI is InChI=1S/C29H42N2O5/c1-21(2)26-20-36-29(35)24(17-22-11-6-5-7-12-22)14-9-4-3-8-13-23(28(34)30-26)18-27(33)31-16-10-15-25(31)19-32/h3,5-8,11-12,21,23-26,32H,4,9-10,13-20H2,1-2H3,(H,30,34). The lowest BCUT2D eigenvalue weighted by atomic mass is 9.93. The van der Waals surface area contributed by atoms with Crippen LogP contribution in [0.15, 0.2) is 42.5 Å². The third-order valence-corrected chi connectivity index (χ3v) is 7.41. The maximum Gasteiger partial charge on any atom is 0.309 e. The zero-order valence-corrected chi connectivity index (χ0v) is 21.7. The third kappa shape index (κ3) is 8.19. The number of benzene rings is 1. The normalized spacial score (nSPS) is 26.4. The summed E-state index contributed by atoms with van der Waals surface area (Å²) in [7, 11) is 0. The predicted octanol–water partition coefficient (Wildman–Crippen LogP) is 3.65. The van der Waals surface area contributed by atoms with Gasteiger partial charge in [0.05, 0.1) is 30.5 Å². The predicted molar refractivity (Wildman–Crippen MR) is 139 cm³/mol. The van der Waals surface area contributed by atoms with E-state index in [2.05, 4.69) is 5.32 Å². The molecule has 0 radical (unpaired) electrons. The molecule has 0 saturated carbocycles. The first-order valence-corrected chi connectivity index (χ1v) is 13.4. The molecule has 7 nitrogen and oxygen atoms in total. The number of nitrogens with one attached hydrogen (secondary N) is 1. The van der Waals surface area contributed by atoms with Gasteiger partial charge in [-0.3, -0.25) is 14.4 Å². The van der Waals surface area contributed by atoms with Crippen LogP contribution in [0.2, 0.25) is 0 Å². The molecule has 3 rings (SSSR count). The molecule has 2 aliphatic rings. The highest BCUT2D eigenvalue weighted by molar-refractivity contribution is 5.86. The van der Waals surface area contributed by atoms with Crippen molar-refractivity contribution in [2.24, 2.45) is 17.8 Å². The molecule has 2 heterocycles. The zero-order valence-electron chi connectivity index (χ0n) is 21.7. The Balaban J connectivity index is 1.70. The van der Waals surface area contributed by atoms with Crippen molar-refractivity contribution in [3.05, 3.63) is 48.0 Å². The summed E-state index contributed by atoms with van der Waals surface area (Å²) >= 11 is 0. The molecule has 198 valence electrons. The number of cyclic esters (lactones) is 1. The Morgan fingerprint density at radius 3 is 2.61 bits per heavy atom. The van der Waals surface area contributed by atoms with E-state index in [1.807, 2.05) is 56.3 Å². The van der Waals surface area contributed by atoms with Gasteiger partial charge < -0.3 is 20.1 Å². The molecule has 1 aromatic carbocycles. The Hall–Kier alpha value is -2.67. The quantitative estimate of drug-likeness (QED) is 0.461. The van der Waals surface area contributed by atoms with Gasteiger partial charge in [-0.25, -0.2) is 0 Å². The first kappa shape index (κ1) is 27.9. The Bertz CT molecular complexity index is 885. The van der Waals surface area contributed by atoms with E-state index in [1.165, 1.54) is 0 Å². The summed E-state index contributed by atoms with van der Waals surface area (Å²) in [5.74, 6) is -1.17. The second kappa shape index (κ2) is 14.2. The van der Waals surface area contributed by atoms with Gasteiger partial charge in [-0.05, 0) is 56.4 Å². The summed E-state index contributed by atoms with van der Waals surface area (Å²) in [6.07, 6.45) is 9.31. The lowest BCUT2D eigenvalue weighted by molar-refractivity contribution is -0.150. The number of ether oxygens (including phenoxy) is 1. The number of hydrogen-bond acceptors (Lipinski definition) is 5. The van der Waals surface area contributed by atoms with Gasteiger partial charge in [-0.15, -0.1) is 0 Å². The van der Waals surface area contributed by atoms with Gasteiger partial charge in [-0.2, -0.15) is 0 Å². The first-order chi connectivity index (χ1) is 17.4. The van der Waals surface area contributed by atoms with Gasteiger partial charge in [0.2, 0.25) is 11.8 Å². The molecule has 4 atom stereocenters. The Morgan fingerprint density at radius 2 is 1.89 bits per heavy atom. The molecule has 1 fully saturated rings. The maximum atomic E-state index is 13.3. The summed E-state index contributed by atoms with van der Waals surface area (Å²) in [5, 5.41) is 12.7. The highest BCUT2D eigenvalue weighted by atomic mass is 16.5. The van der Waals surface area contributed by atoms with E-state index < -0.39 is 5.92 Å². The summed E-state index contributed by atoms with van der Waals surface area (Å²) in [4.78, 5) is 41.0. The highest BCUT2D eigenvalue weighted by Crippen LogP contribution is 2.23. The van der Waals surface area contributed by atoms with Crippen LogP contribution in [0.3, 0.4) is 0 Å². The number of aliphatic hydroxyl groups is 1. The van der Waals surface area contributed by atoms with E-state index in [1.54, 1.807) is 4.90 Å². The number of allylic oxidation sites excluding steroid dienone is 2. The van der Waals surface area contributed by atoms with Crippen LogP contribution >= 0.6 is 0 Å². The van der Waals surface area contributed by atoms with E-state index in [9.17, 15) is 19.5 Å². The number of hydrogen-bond donors (Lipinski definition) is 2. The molecule has 0 spiro atoms. The minimum Gasteiger partial charge on any atom is -0.463 e. The van der Waals surface area contributed by atoms with E-state index >= 15 is 0 Å². The van der Waals surface area contributed by atoms with Crippen LogP contribution in [0.4, 0.5) is 0 Å². The Morgan fingerprint density at radius 1 is 1.11 bits per heavy atom. The van der Waals surface area contributed by atoms with E-state index in [0.717, 1.165) is 37.7 Å². The molecule has 2 amide bonds. The van der Waals surface area contributed by atoms with Crippen LogP contribution in [-0.2, 0) is 25.5 Å². The number of aliphatic hydroxyl groups excluding tert-OH is 1. The fraction of sp³-hybridized carbons (Fsp3) is 0.621. The summed E-state index contributed by atoms with van der Waals surface area (Å²) < 4.78 is 5.75.